The van der Waals surface area contributed by atoms with E-state index in [1.165, 1.54) is 218 Å². The number of carbonyl (C=O) groups is 3. The minimum absolute atomic E-state index is 0.0776. The Kier molecular flexibility index (Phi) is 63.2. The van der Waals surface area contributed by atoms with Crippen LogP contribution in [-0.2, 0) is 28.6 Å². The van der Waals surface area contributed by atoms with Gasteiger partial charge in [-0.1, -0.05) is 313 Å². The van der Waals surface area contributed by atoms with Gasteiger partial charge in [-0.2, -0.15) is 0 Å². The van der Waals surface area contributed by atoms with Crippen molar-refractivity contribution in [3.05, 3.63) is 60.8 Å². The van der Waals surface area contributed by atoms with Crippen LogP contribution in [0, 0.1) is 0 Å². The predicted molar refractivity (Wildman–Crippen MR) is 335 cm³/mol. The van der Waals surface area contributed by atoms with Gasteiger partial charge in [0.25, 0.3) is 0 Å². The van der Waals surface area contributed by atoms with Crippen LogP contribution in [0.4, 0.5) is 0 Å². The van der Waals surface area contributed by atoms with E-state index < -0.39 is 6.10 Å². The van der Waals surface area contributed by atoms with Gasteiger partial charge >= 0.3 is 17.9 Å². The number of ether oxygens (including phenoxy) is 3. The summed E-state index contributed by atoms with van der Waals surface area (Å²) >= 11 is 0. The van der Waals surface area contributed by atoms with Gasteiger partial charge in [-0.25, -0.2) is 0 Å². The molecule has 0 aliphatic heterocycles. The fourth-order valence-corrected chi connectivity index (χ4v) is 9.96. The Morgan fingerprint density at radius 2 is 0.506 bits per heavy atom. The van der Waals surface area contributed by atoms with Gasteiger partial charge in [0.05, 0.1) is 0 Å². The van der Waals surface area contributed by atoms with E-state index in [0.29, 0.717) is 19.3 Å². The molecule has 0 radical (unpaired) electrons. The van der Waals surface area contributed by atoms with Crippen molar-refractivity contribution >= 4 is 17.9 Å². The van der Waals surface area contributed by atoms with Crippen LogP contribution in [0.2, 0.25) is 0 Å². The molecule has 0 rings (SSSR count). The second-order valence-electron chi connectivity index (χ2n) is 22.7. The third kappa shape index (κ3) is 63.8. The molecule has 0 aliphatic carbocycles. The molecule has 0 saturated carbocycles. The summed E-state index contributed by atoms with van der Waals surface area (Å²) < 4.78 is 17.0. The number of allylic oxidation sites excluding steroid dienone is 10. The van der Waals surface area contributed by atoms with Gasteiger partial charge in [-0.15, -0.1) is 0 Å². The van der Waals surface area contributed by atoms with E-state index in [9.17, 15) is 14.4 Å². The topological polar surface area (TPSA) is 78.9 Å². The number of esters is 3. The van der Waals surface area contributed by atoms with Crippen LogP contribution in [-0.4, -0.2) is 37.2 Å². The molecule has 0 aromatic heterocycles. The summed E-state index contributed by atoms with van der Waals surface area (Å²) in [6.45, 7) is 6.55. The molecule has 448 valence electrons. The van der Waals surface area contributed by atoms with Crippen molar-refractivity contribution in [2.24, 2.45) is 0 Å². The average molecular weight is 1080 g/mol. The normalized spacial score (nSPS) is 12.4. The van der Waals surface area contributed by atoms with Crippen LogP contribution in [0.25, 0.3) is 0 Å². The Bertz CT molecular complexity index is 1380. The Morgan fingerprint density at radius 1 is 0.273 bits per heavy atom. The molecule has 77 heavy (non-hydrogen) atoms. The van der Waals surface area contributed by atoms with Crippen molar-refractivity contribution in [1.82, 2.24) is 0 Å². The number of carbonyl (C=O) groups excluding carboxylic acids is 3. The zero-order chi connectivity index (χ0) is 55.7. The van der Waals surface area contributed by atoms with Gasteiger partial charge in [-0.05, 0) is 83.5 Å². The lowest BCUT2D eigenvalue weighted by Gasteiger charge is -2.18. The summed E-state index contributed by atoms with van der Waals surface area (Å²) in [4.78, 5) is 38.4. The molecule has 0 bridgehead atoms. The average Bonchev–Trinajstić information content (AvgIpc) is 3.43. The van der Waals surface area contributed by atoms with Crippen LogP contribution in [0.1, 0.15) is 355 Å². The van der Waals surface area contributed by atoms with Crippen LogP contribution in [0.3, 0.4) is 0 Å². The highest BCUT2D eigenvalue weighted by atomic mass is 16.6. The molecule has 0 N–H and O–H groups in total. The van der Waals surface area contributed by atoms with Crippen molar-refractivity contribution in [1.29, 1.82) is 0 Å². The number of hydrogen-bond donors (Lipinski definition) is 0. The lowest BCUT2D eigenvalue weighted by atomic mass is 10.0. The quantitative estimate of drug-likeness (QED) is 0.0261. The first-order valence-corrected chi connectivity index (χ1v) is 33.8. The Labute approximate surface area is 479 Å². The Balaban J connectivity index is 4.29. The molecule has 0 aromatic carbocycles. The standard InChI is InChI=1S/C71H128O6/c1-4-7-10-13-16-19-22-25-28-31-32-33-34-35-36-37-38-41-43-46-49-52-55-58-61-64-70(73)76-67-68(77-71(74)65-62-59-56-53-50-47-44-40-30-27-24-21-18-15-12-9-6-3)66-75-69(72)63-60-57-54-51-48-45-42-39-29-26-23-20-17-14-11-8-5-2/h9,12,17-18,20-21,26-27,29-30,68H,4-8,10-11,13-16,19,22-25,28,31-67H2,1-3H3/b12-9-,20-17-,21-18-,29-26-,30-27-. The summed E-state index contributed by atoms with van der Waals surface area (Å²) in [6, 6.07) is 0. The fraction of sp³-hybridized carbons (Fsp3) is 0.817. The van der Waals surface area contributed by atoms with Gasteiger partial charge in [0.15, 0.2) is 6.10 Å². The second-order valence-corrected chi connectivity index (χ2v) is 22.7. The molecule has 0 heterocycles. The minimum Gasteiger partial charge on any atom is -0.462 e. The van der Waals surface area contributed by atoms with E-state index >= 15 is 0 Å². The van der Waals surface area contributed by atoms with E-state index in [2.05, 4.69) is 81.5 Å². The Morgan fingerprint density at radius 3 is 0.818 bits per heavy atom. The van der Waals surface area contributed by atoms with Gasteiger partial charge in [0.2, 0.25) is 0 Å². The van der Waals surface area contributed by atoms with Crippen LogP contribution >= 0.6 is 0 Å². The van der Waals surface area contributed by atoms with E-state index in [0.717, 1.165) is 96.3 Å². The molecule has 0 spiro atoms. The van der Waals surface area contributed by atoms with Gasteiger partial charge in [0, 0.05) is 19.3 Å². The highest BCUT2D eigenvalue weighted by Gasteiger charge is 2.19. The summed E-state index contributed by atoms with van der Waals surface area (Å²) in [5, 5.41) is 0. The third-order valence-corrected chi connectivity index (χ3v) is 15.0. The first-order chi connectivity index (χ1) is 38.0. The summed E-state index contributed by atoms with van der Waals surface area (Å²) in [6.07, 6.45) is 83.8. The van der Waals surface area contributed by atoms with Crippen LogP contribution in [0.15, 0.2) is 60.8 Å². The van der Waals surface area contributed by atoms with Crippen molar-refractivity contribution < 1.29 is 28.6 Å². The molecule has 1 atom stereocenters. The van der Waals surface area contributed by atoms with Crippen LogP contribution in [0.5, 0.6) is 0 Å². The highest BCUT2D eigenvalue weighted by molar-refractivity contribution is 5.71. The maximum absolute atomic E-state index is 12.9. The highest BCUT2D eigenvalue weighted by Crippen LogP contribution is 2.18. The molecule has 0 saturated heterocycles. The zero-order valence-electron chi connectivity index (χ0n) is 51.5. The van der Waals surface area contributed by atoms with Crippen molar-refractivity contribution in [2.45, 2.75) is 361 Å². The lowest BCUT2D eigenvalue weighted by Crippen LogP contribution is -2.30. The van der Waals surface area contributed by atoms with Crippen molar-refractivity contribution in [3.8, 4) is 0 Å². The largest absolute Gasteiger partial charge is 0.462 e. The predicted octanol–water partition coefficient (Wildman–Crippen LogP) is 23.1. The zero-order valence-corrected chi connectivity index (χ0v) is 51.5. The number of hydrogen-bond acceptors (Lipinski definition) is 6. The molecule has 1 unspecified atom stereocenters. The summed E-state index contributed by atoms with van der Waals surface area (Å²) in [5.41, 5.74) is 0. The van der Waals surface area contributed by atoms with Crippen LogP contribution < -0.4 is 0 Å². The molecule has 0 amide bonds. The van der Waals surface area contributed by atoms with E-state index in [4.69, 9.17) is 14.2 Å². The molecular formula is C71H128O6. The molecule has 6 heteroatoms. The first kappa shape index (κ1) is 74.1. The number of unbranched alkanes of at least 4 members (excludes halogenated alkanes) is 41. The molecule has 0 fully saturated rings. The molecular weight excluding hydrogens is 949 g/mol. The minimum atomic E-state index is -0.783. The first-order valence-electron chi connectivity index (χ1n) is 33.8. The van der Waals surface area contributed by atoms with Crippen molar-refractivity contribution in [3.63, 3.8) is 0 Å². The van der Waals surface area contributed by atoms with Gasteiger partial charge < -0.3 is 14.2 Å². The van der Waals surface area contributed by atoms with Crippen molar-refractivity contribution in [2.75, 3.05) is 13.2 Å². The second kappa shape index (κ2) is 65.6. The van der Waals surface area contributed by atoms with E-state index in [1.54, 1.807) is 0 Å². The molecule has 0 aliphatic rings. The van der Waals surface area contributed by atoms with Gasteiger partial charge in [-0.3, -0.25) is 14.4 Å². The lowest BCUT2D eigenvalue weighted by molar-refractivity contribution is -0.167. The SMILES string of the molecule is CC/C=C\C/C=C\C/C=C\CCCCCCCCCC(=O)OC(COC(=O)CCCCCCCCC/C=C\C/C=C\CCCCC)COC(=O)CCCCCCCCCCCCCCCCCCCCCCCCCCC. The Hall–Kier alpha value is -2.89. The maximum atomic E-state index is 12.9. The third-order valence-electron chi connectivity index (χ3n) is 15.0. The maximum Gasteiger partial charge on any atom is 0.306 e. The number of rotatable bonds is 62. The van der Waals surface area contributed by atoms with E-state index in [1.807, 2.05) is 0 Å². The summed E-state index contributed by atoms with van der Waals surface area (Å²) in [5.74, 6) is -0.875. The monoisotopic (exact) mass is 1080 g/mol. The molecule has 0 aromatic rings. The van der Waals surface area contributed by atoms with E-state index in [-0.39, 0.29) is 31.1 Å². The molecule has 6 nitrogen and oxygen atoms in total. The van der Waals surface area contributed by atoms with Gasteiger partial charge in [0.1, 0.15) is 13.2 Å². The fourth-order valence-electron chi connectivity index (χ4n) is 9.96. The summed E-state index contributed by atoms with van der Waals surface area (Å²) in [7, 11) is 0. The smallest absolute Gasteiger partial charge is 0.306 e.